The molecule has 1 aromatic rings. The predicted molar refractivity (Wildman–Crippen MR) is 54.7 cm³/mol. The average Bonchev–Trinajstić information content (AvgIpc) is 2.49. The summed E-state index contributed by atoms with van der Waals surface area (Å²) < 4.78 is 6.04. The first-order valence-electron chi connectivity index (χ1n) is 4.44. The SMILES string of the molecule is OCCc1cc2c(cc1Br)COC2O. The summed E-state index contributed by atoms with van der Waals surface area (Å²) in [7, 11) is 0. The van der Waals surface area contributed by atoms with E-state index in [9.17, 15) is 5.11 Å². The zero-order valence-electron chi connectivity index (χ0n) is 7.53. The summed E-state index contributed by atoms with van der Waals surface area (Å²) in [5.74, 6) is 0. The Hall–Kier alpha value is -0.420. The van der Waals surface area contributed by atoms with E-state index >= 15 is 0 Å². The van der Waals surface area contributed by atoms with Crippen molar-refractivity contribution in [3.63, 3.8) is 0 Å². The molecule has 2 rings (SSSR count). The van der Waals surface area contributed by atoms with E-state index in [1.54, 1.807) is 0 Å². The molecule has 3 nitrogen and oxygen atoms in total. The van der Waals surface area contributed by atoms with Crippen molar-refractivity contribution in [1.29, 1.82) is 0 Å². The van der Waals surface area contributed by atoms with Gasteiger partial charge in [0, 0.05) is 16.6 Å². The molecule has 76 valence electrons. The second kappa shape index (κ2) is 3.98. The number of benzene rings is 1. The quantitative estimate of drug-likeness (QED) is 0.846. The van der Waals surface area contributed by atoms with E-state index < -0.39 is 6.29 Å². The van der Waals surface area contributed by atoms with E-state index in [4.69, 9.17) is 9.84 Å². The average molecular weight is 259 g/mol. The van der Waals surface area contributed by atoms with E-state index in [1.165, 1.54) is 0 Å². The Morgan fingerprint density at radius 2 is 2.29 bits per heavy atom. The van der Waals surface area contributed by atoms with Crippen LogP contribution in [-0.2, 0) is 17.8 Å². The maximum atomic E-state index is 9.46. The van der Waals surface area contributed by atoms with Gasteiger partial charge in [-0.2, -0.15) is 0 Å². The Balaban J connectivity index is 2.41. The van der Waals surface area contributed by atoms with Gasteiger partial charge in [-0.3, -0.25) is 0 Å². The molecular weight excluding hydrogens is 248 g/mol. The first kappa shape index (κ1) is 10.1. The van der Waals surface area contributed by atoms with E-state index in [2.05, 4.69) is 15.9 Å². The van der Waals surface area contributed by atoms with E-state index in [-0.39, 0.29) is 6.61 Å². The van der Waals surface area contributed by atoms with Gasteiger partial charge in [-0.1, -0.05) is 15.9 Å². The van der Waals surface area contributed by atoms with Crippen LogP contribution in [-0.4, -0.2) is 16.8 Å². The van der Waals surface area contributed by atoms with Gasteiger partial charge < -0.3 is 14.9 Å². The molecule has 0 aromatic heterocycles. The number of halogens is 1. The Morgan fingerprint density at radius 3 is 3.00 bits per heavy atom. The number of hydrogen-bond donors (Lipinski definition) is 2. The monoisotopic (exact) mass is 258 g/mol. The molecule has 1 aliphatic heterocycles. The summed E-state index contributed by atoms with van der Waals surface area (Å²) in [5.41, 5.74) is 2.82. The van der Waals surface area contributed by atoms with Gasteiger partial charge in [0.05, 0.1) is 6.61 Å². The van der Waals surface area contributed by atoms with E-state index in [1.807, 2.05) is 12.1 Å². The molecular formula is C10H11BrO3. The summed E-state index contributed by atoms with van der Waals surface area (Å²) in [6.45, 7) is 0.558. The fourth-order valence-electron chi connectivity index (χ4n) is 1.60. The minimum Gasteiger partial charge on any atom is -0.396 e. The highest BCUT2D eigenvalue weighted by molar-refractivity contribution is 9.10. The van der Waals surface area contributed by atoms with Crippen LogP contribution in [0.5, 0.6) is 0 Å². The fraction of sp³-hybridized carbons (Fsp3) is 0.400. The molecule has 0 saturated heterocycles. The lowest BCUT2D eigenvalue weighted by Crippen LogP contribution is -1.97. The van der Waals surface area contributed by atoms with Crippen LogP contribution in [0.4, 0.5) is 0 Å². The lowest BCUT2D eigenvalue weighted by Gasteiger charge is -2.07. The molecule has 1 aromatic carbocycles. The molecule has 4 heteroatoms. The Morgan fingerprint density at radius 1 is 1.50 bits per heavy atom. The summed E-state index contributed by atoms with van der Waals surface area (Å²) in [5, 5.41) is 18.3. The van der Waals surface area contributed by atoms with Gasteiger partial charge in [0.15, 0.2) is 6.29 Å². The van der Waals surface area contributed by atoms with Crippen LogP contribution in [0.3, 0.4) is 0 Å². The zero-order chi connectivity index (χ0) is 10.1. The van der Waals surface area contributed by atoms with Gasteiger partial charge in [-0.15, -0.1) is 0 Å². The standard InChI is InChI=1S/C10H11BrO3/c11-9-4-7-5-14-10(13)8(7)3-6(9)1-2-12/h3-4,10,12-13H,1-2,5H2. The number of rotatable bonds is 2. The Labute approximate surface area is 90.5 Å². The smallest absolute Gasteiger partial charge is 0.181 e. The Bertz CT molecular complexity index is 351. The lowest BCUT2D eigenvalue weighted by atomic mass is 10.0. The maximum absolute atomic E-state index is 9.46. The Kier molecular flexibility index (Phi) is 2.88. The van der Waals surface area contributed by atoms with Crippen molar-refractivity contribution in [3.8, 4) is 0 Å². The number of fused-ring (bicyclic) bond motifs is 1. The van der Waals surface area contributed by atoms with Crippen molar-refractivity contribution in [2.75, 3.05) is 6.61 Å². The highest BCUT2D eigenvalue weighted by atomic mass is 79.9. The predicted octanol–water partition coefficient (Wildman–Crippen LogP) is 1.50. The van der Waals surface area contributed by atoms with Crippen LogP contribution in [0.2, 0.25) is 0 Å². The van der Waals surface area contributed by atoms with Crippen molar-refractivity contribution in [3.05, 3.63) is 33.3 Å². The molecule has 0 aliphatic carbocycles. The minimum absolute atomic E-state index is 0.105. The minimum atomic E-state index is -0.810. The third-order valence-electron chi connectivity index (χ3n) is 2.35. The highest BCUT2D eigenvalue weighted by Crippen LogP contribution is 2.33. The molecule has 0 radical (unpaired) electrons. The topological polar surface area (TPSA) is 49.7 Å². The molecule has 0 spiro atoms. The van der Waals surface area contributed by atoms with Gasteiger partial charge >= 0.3 is 0 Å². The number of hydrogen-bond acceptors (Lipinski definition) is 3. The molecule has 1 atom stereocenters. The molecule has 0 bridgehead atoms. The lowest BCUT2D eigenvalue weighted by molar-refractivity contribution is -0.0918. The normalized spacial score (nSPS) is 19.8. The first-order valence-corrected chi connectivity index (χ1v) is 5.23. The first-order chi connectivity index (χ1) is 6.72. The number of ether oxygens (including phenoxy) is 1. The number of aliphatic hydroxyl groups is 2. The maximum Gasteiger partial charge on any atom is 0.181 e. The van der Waals surface area contributed by atoms with Gasteiger partial charge in [0.25, 0.3) is 0 Å². The van der Waals surface area contributed by atoms with Crippen molar-refractivity contribution in [1.82, 2.24) is 0 Å². The fourth-order valence-corrected chi connectivity index (χ4v) is 2.19. The second-order valence-corrected chi connectivity index (χ2v) is 4.13. The van der Waals surface area contributed by atoms with Crippen LogP contribution < -0.4 is 0 Å². The van der Waals surface area contributed by atoms with Crippen molar-refractivity contribution in [2.24, 2.45) is 0 Å². The molecule has 1 aliphatic rings. The molecule has 1 unspecified atom stereocenters. The third kappa shape index (κ3) is 1.70. The van der Waals surface area contributed by atoms with Gasteiger partial charge in [0.2, 0.25) is 0 Å². The van der Waals surface area contributed by atoms with Crippen LogP contribution in [0, 0.1) is 0 Å². The number of aliphatic hydroxyl groups excluding tert-OH is 2. The van der Waals surface area contributed by atoms with Crippen LogP contribution in [0.1, 0.15) is 23.0 Å². The molecule has 0 saturated carbocycles. The van der Waals surface area contributed by atoms with Gasteiger partial charge in [-0.25, -0.2) is 0 Å². The largest absolute Gasteiger partial charge is 0.396 e. The molecule has 0 fully saturated rings. The second-order valence-electron chi connectivity index (χ2n) is 3.28. The molecule has 0 amide bonds. The highest BCUT2D eigenvalue weighted by Gasteiger charge is 2.22. The van der Waals surface area contributed by atoms with E-state index in [0.717, 1.165) is 21.2 Å². The van der Waals surface area contributed by atoms with Crippen LogP contribution in [0.15, 0.2) is 16.6 Å². The molecule has 2 N–H and O–H groups in total. The van der Waals surface area contributed by atoms with Crippen molar-refractivity contribution < 1.29 is 14.9 Å². The zero-order valence-corrected chi connectivity index (χ0v) is 9.12. The molecule has 1 heterocycles. The summed E-state index contributed by atoms with van der Waals surface area (Å²) in [6, 6.07) is 3.82. The third-order valence-corrected chi connectivity index (χ3v) is 3.09. The van der Waals surface area contributed by atoms with Crippen LogP contribution >= 0.6 is 15.9 Å². The van der Waals surface area contributed by atoms with Gasteiger partial charge in [-0.05, 0) is 29.7 Å². The summed E-state index contributed by atoms with van der Waals surface area (Å²) in [6.07, 6.45) is -0.226. The summed E-state index contributed by atoms with van der Waals surface area (Å²) >= 11 is 3.42. The van der Waals surface area contributed by atoms with Gasteiger partial charge in [0.1, 0.15) is 0 Å². The van der Waals surface area contributed by atoms with E-state index in [0.29, 0.717) is 13.0 Å². The van der Waals surface area contributed by atoms with Crippen molar-refractivity contribution in [2.45, 2.75) is 19.3 Å². The van der Waals surface area contributed by atoms with Crippen LogP contribution in [0.25, 0.3) is 0 Å². The molecule has 14 heavy (non-hydrogen) atoms. The van der Waals surface area contributed by atoms with Crippen molar-refractivity contribution >= 4 is 15.9 Å². The summed E-state index contributed by atoms with van der Waals surface area (Å²) in [4.78, 5) is 0.